The number of nitrogens with two attached hydrogens (primary N) is 1. The van der Waals surface area contributed by atoms with E-state index < -0.39 is 0 Å². The Morgan fingerprint density at radius 2 is 2.00 bits per heavy atom. The van der Waals surface area contributed by atoms with Gasteiger partial charge in [0, 0.05) is 11.8 Å². The molecule has 2 N–H and O–H groups in total. The normalized spacial score (nSPS) is 26.1. The number of rotatable bonds is 3. The lowest BCUT2D eigenvalue weighted by molar-refractivity contribution is 0.00890. The van der Waals surface area contributed by atoms with Crippen LogP contribution >= 0.6 is 0 Å². The smallest absolute Gasteiger partial charge is 0.340 e. The van der Waals surface area contributed by atoms with Crippen LogP contribution in [0, 0.1) is 11.8 Å². The van der Waals surface area contributed by atoms with Crippen molar-refractivity contribution >= 4 is 11.7 Å². The summed E-state index contributed by atoms with van der Waals surface area (Å²) < 4.78 is 10.7. The van der Waals surface area contributed by atoms with Crippen molar-refractivity contribution in [2.75, 3.05) is 12.8 Å². The van der Waals surface area contributed by atoms with E-state index in [1.165, 1.54) is 0 Å². The Bertz CT molecular complexity index is 487. The molecule has 1 aromatic carbocycles. The highest BCUT2D eigenvalue weighted by Crippen LogP contribution is 2.31. The molecule has 110 valence electrons. The lowest BCUT2D eigenvalue weighted by Gasteiger charge is -2.31. The summed E-state index contributed by atoms with van der Waals surface area (Å²) in [4.78, 5) is 12.2. The van der Waals surface area contributed by atoms with Crippen LogP contribution in [0.15, 0.2) is 18.2 Å². The zero-order valence-corrected chi connectivity index (χ0v) is 12.4. The van der Waals surface area contributed by atoms with Gasteiger partial charge in [0.2, 0.25) is 0 Å². The van der Waals surface area contributed by atoms with Gasteiger partial charge in [0.25, 0.3) is 0 Å². The van der Waals surface area contributed by atoms with Crippen LogP contribution in [-0.4, -0.2) is 19.2 Å². The van der Waals surface area contributed by atoms with Crippen molar-refractivity contribution in [3.8, 4) is 5.75 Å². The highest BCUT2D eigenvalue weighted by Gasteiger charge is 2.27. The third kappa shape index (κ3) is 3.24. The summed E-state index contributed by atoms with van der Waals surface area (Å²) in [5, 5.41) is 0. The van der Waals surface area contributed by atoms with Gasteiger partial charge in [-0.25, -0.2) is 4.79 Å². The predicted molar refractivity (Wildman–Crippen MR) is 78.8 cm³/mol. The zero-order chi connectivity index (χ0) is 14.7. The summed E-state index contributed by atoms with van der Waals surface area (Å²) >= 11 is 0. The number of ether oxygens (including phenoxy) is 2. The van der Waals surface area contributed by atoms with Crippen molar-refractivity contribution in [1.29, 1.82) is 0 Å². The van der Waals surface area contributed by atoms with Crippen LogP contribution < -0.4 is 10.5 Å². The molecule has 3 unspecified atom stereocenters. The number of anilines is 1. The molecule has 0 spiro atoms. The number of benzene rings is 1. The quantitative estimate of drug-likeness (QED) is 0.680. The number of carbonyl (C=O) groups excluding carboxylic acids is 1. The molecule has 4 nitrogen and oxygen atoms in total. The number of hydrogen-bond donors (Lipinski definition) is 1. The summed E-state index contributed by atoms with van der Waals surface area (Å²) in [6, 6.07) is 5.02. The van der Waals surface area contributed by atoms with Gasteiger partial charge in [-0.2, -0.15) is 0 Å². The number of hydrogen-bond acceptors (Lipinski definition) is 4. The second-order valence-corrected chi connectivity index (χ2v) is 5.75. The van der Waals surface area contributed by atoms with E-state index in [9.17, 15) is 4.79 Å². The van der Waals surface area contributed by atoms with Gasteiger partial charge in [-0.1, -0.05) is 13.8 Å². The van der Waals surface area contributed by atoms with Gasteiger partial charge in [-0.3, -0.25) is 0 Å². The molecule has 2 rings (SSSR count). The van der Waals surface area contributed by atoms with Crippen LogP contribution in [-0.2, 0) is 4.74 Å². The molecule has 0 heterocycles. The molecule has 1 saturated carbocycles. The number of nitrogen functional groups attached to an aromatic ring is 1. The van der Waals surface area contributed by atoms with E-state index in [0.717, 1.165) is 19.3 Å². The van der Waals surface area contributed by atoms with Crippen molar-refractivity contribution < 1.29 is 14.3 Å². The Labute approximate surface area is 120 Å². The molecule has 1 fully saturated rings. The summed E-state index contributed by atoms with van der Waals surface area (Å²) in [6.45, 7) is 4.47. The van der Waals surface area contributed by atoms with Crippen molar-refractivity contribution in [3.05, 3.63) is 23.8 Å². The third-order valence-corrected chi connectivity index (χ3v) is 4.30. The lowest BCUT2D eigenvalue weighted by Crippen LogP contribution is -2.28. The number of carbonyl (C=O) groups is 1. The minimum absolute atomic E-state index is 0.00945. The van der Waals surface area contributed by atoms with Crippen LogP contribution in [0.25, 0.3) is 0 Å². The van der Waals surface area contributed by atoms with Gasteiger partial charge in [-0.15, -0.1) is 0 Å². The SMILES string of the molecule is COc1ccc(C(=O)OC2CCC(C)C(C)C2)c(N)c1. The maximum absolute atomic E-state index is 12.2. The van der Waals surface area contributed by atoms with Crippen molar-refractivity contribution in [2.45, 2.75) is 39.2 Å². The first-order valence-electron chi connectivity index (χ1n) is 7.15. The maximum atomic E-state index is 12.2. The Hall–Kier alpha value is -1.71. The first-order chi connectivity index (χ1) is 9.51. The molecule has 1 aliphatic carbocycles. The minimum Gasteiger partial charge on any atom is -0.497 e. The van der Waals surface area contributed by atoms with Gasteiger partial charge >= 0.3 is 5.97 Å². The first kappa shape index (κ1) is 14.7. The Kier molecular flexibility index (Phi) is 4.53. The molecule has 0 amide bonds. The topological polar surface area (TPSA) is 61.5 Å². The van der Waals surface area contributed by atoms with Crippen molar-refractivity contribution in [3.63, 3.8) is 0 Å². The van der Waals surface area contributed by atoms with E-state index in [1.807, 2.05) is 0 Å². The van der Waals surface area contributed by atoms with E-state index in [1.54, 1.807) is 25.3 Å². The maximum Gasteiger partial charge on any atom is 0.340 e. The number of esters is 1. The third-order valence-electron chi connectivity index (χ3n) is 4.30. The largest absolute Gasteiger partial charge is 0.497 e. The average Bonchev–Trinajstić information content (AvgIpc) is 2.42. The lowest BCUT2D eigenvalue weighted by atomic mass is 9.80. The van der Waals surface area contributed by atoms with Gasteiger partial charge in [0.15, 0.2) is 0 Å². The molecule has 1 aliphatic rings. The van der Waals surface area contributed by atoms with E-state index in [2.05, 4.69) is 13.8 Å². The van der Waals surface area contributed by atoms with E-state index >= 15 is 0 Å². The molecule has 0 bridgehead atoms. The Morgan fingerprint density at radius 1 is 1.25 bits per heavy atom. The highest BCUT2D eigenvalue weighted by molar-refractivity contribution is 5.95. The van der Waals surface area contributed by atoms with Crippen LogP contribution in [0.5, 0.6) is 5.75 Å². The zero-order valence-electron chi connectivity index (χ0n) is 12.4. The van der Waals surface area contributed by atoms with Gasteiger partial charge in [0.1, 0.15) is 11.9 Å². The van der Waals surface area contributed by atoms with E-state index in [0.29, 0.717) is 28.8 Å². The molecular formula is C16H23NO3. The molecule has 0 radical (unpaired) electrons. The van der Waals surface area contributed by atoms with Crippen LogP contribution in [0.3, 0.4) is 0 Å². The van der Waals surface area contributed by atoms with Gasteiger partial charge < -0.3 is 15.2 Å². The summed E-state index contributed by atoms with van der Waals surface area (Å²) in [5.41, 5.74) is 6.68. The van der Waals surface area contributed by atoms with Gasteiger partial charge in [-0.05, 0) is 43.2 Å². The summed E-state index contributed by atoms with van der Waals surface area (Å²) in [5.74, 6) is 1.60. The van der Waals surface area contributed by atoms with Crippen LogP contribution in [0.1, 0.15) is 43.5 Å². The van der Waals surface area contributed by atoms with Gasteiger partial charge in [0.05, 0.1) is 12.7 Å². The van der Waals surface area contributed by atoms with Crippen LogP contribution in [0.4, 0.5) is 5.69 Å². The molecule has 0 aromatic heterocycles. The Morgan fingerprint density at radius 3 is 2.60 bits per heavy atom. The molecule has 4 heteroatoms. The second kappa shape index (κ2) is 6.16. The van der Waals surface area contributed by atoms with Crippen molar-refractivity contribution in [2.24, 2.45) is 11.8 Å². The number of methoxy groups -OCH3 is 1. The molecule has 20 heavy (non-hydrogen) atoms. The standard InChI is InChI=1S/C16H23NO3/c1-10-4-5-13(8-11(10)2)20-16(18)14-7-6-12(19-3)9-15(14)17/h6-7,9-11,13H,4-5,8,17H2,1-3H3. The second-order valence-electron chi connectivity index (χ2n) is 5.75. The van der Waals surface area contributed by atoms with E-state index in [4.69, 9.17) is 15.2 Å². The fourth-order valence-corrected chi connectivity index (χ4v) is 2.67. The summed E-state index contributed by atoms with van der Waals surface area (Å²) in [6.07, 6.45) is 2.99. The first-order valence-corrected chi connectivity index (χ1v) is 7.15. The van der Waals surface area contributed by atoms with Crippen molar-refractivity contribution in [1.82, 2.24) is 0 Å². The minimum atomic E-state index is -0.336. The predicted octanol–water partition coefficient (Wildman–Crippen LogP) is 3.26. The average molecular weight is 277 g/mol. The fourth-order valence-electron chi connectivity index (χ4n) is 2.67. The van der Waals surface area contributed by atoms with E-state index in [-0.39, 0.29) is 12.1 Å². The molecule has 0 aliphatic heterocycles. The molecular weight excluding hydrogens is 254 g/mol. The Balaban J connectivity index is 2.01. The van der Waals surface area contributed by atoms with Crippen LogP contribution in [0.2, 0.25) is 0 Å². The highest BCUT2D eigenvalue weighted by atomic mass is 16.5. The monoisotopic (exact) mass is 277 g/mol. The summed E-state index contributed by atoms with van der Waals surface area (Å²) in [7, 11) is 1.57. The fraction of sp³-hybridized carbons (Fsp3) is 0.562. The molecule has 0 saturated heterocycles. The molecule has 3 atom stereocenters. The molecule has 1 aromatic rings.